The molecule has 144 valence electrons. The minimum absolute atomic E-state index is 0.0211. The summed E-state index contributed by atoms with van der Waals surface area (Å²) in [7, 11) is 1.71. The van der Waals surface area contributed by atoms with Gasteiger partial charge in [-0.15, -0.1) is 0 Å². The zero-order valence-corrected chi connectivity index (χ0v) is 15.8. The Hall–Kier alpha value is -3.22. The number of aromatic nitrogens is 3. The second-order valence-corrected chi connectivity index (χ2v) is 7.13. The molecule has 1 amide bonds. The zero-order chi connectivity index (χ0) is 19.5. The van der Waals surface area contributed by atoms with E-state index in [9.17, 15) is 9.59 Å². The van der Waals surface area contributed by atoms with Crippen molar-refractivity contribution in [3.63, 3.8) is 0 Å². The fourth-order valence-electron chi connectivity index (χ4n) is 3.66. The first-order valence-electron chi connectivity index (χ1n) is 9.52. The van der Waals surface area contributed by atoms with Crippen molar-refractivity contribution in [2.75, 3.05) is 18.0 Å². The van der Waals surface area contributed by atoms with E-state index in [0.717, 1.165) is 24.9 Å². The van der Waals surface area contributed by atoms with Crippen LogP contribution in [0.5, 0.6) is 0 Å². The highest BCUT2D eigenvalue weighted by Gasteiger charge is 2.28. The summed E-state index contributed by atoms with van der Waals surface area (Å²) in [5.74, 6) is 0.255. The molecule has 4 rings (SSSR count). The minimum atomic E-state index is -0.184. The maximum atomic E-state index is 12.8. The normalized spacial score (nSPS) is 16.9. The van der Waals surface area contributed by atoms with Gasteiger partial charge in [0.05, 0.1) is 5.92 Å². The summed E-state index contributed by atoms with van der Waals surface area (Å²) < 4.78 is 1.52. The first-order valence-corrected chi connectivity index (χ1v) is 9.52. The predicted molar refractivity (Wildman–Crippen MR) is 108 cm³/mol. The third-order valence-corrected chi connectivity index (χ3v) is 5.21. The molecule has 1 aromatic carbocycles. The highest BCUT2D eigenvalue weighted by molar-refractivity contribution is 5.79. The Morgan fingerprint density at radius 3 is 2.86 bits per heavy atom. The van der Waals surface area contributed by atoms with E-state index in [1.807, 2.05) is 41.3 Å². The summed E-state index contributed by atoms with van der Waals surface area (Å²) in [6.45, 7) is 1.73. The molecule has 1 fully saturated rings. The van der Waals surface area contributed by atoms with Gasteiger partial charge in [0.1, 0.15) is 5.52 Å². The van der Waals surface area contributed by atoms with Gasteiger partial charge in [-0.2, -0.15) is 0 Å². The number of amides is 1. The fraction of sp³-hybridized carbons (Fsp3) is 0.333. The number of fused-ring (bicyclic) bond motifs is 1. The second-order valence-electron chi connectivity index (χ2n) is 7.13. The largest absolute Gasteiger partial charge is 0.352 e. The Morgan fingerprint density at radius 2 is 2.04 bits per heavy atom. The molecule has 0 spiro atoms. The van der Waals surface area contributed by atoms with E-state index < -0.39 is 0 Å². The van der Waals surface area contributed by atoms with Crippen molar-refractivity contribution in [2.24, 2.45) is 13.0 Å². The number of pyridine rings is 1. The number of benzene rings is 1. The number of hydrogen-bond acceptors (Lipinski definition) is 5. The van der Waals surface area contributed by atoms with Gasteiger partial charge in [0.15, 0.2) is 11.5 Å². The molecule has 2 aromatic heterocycles. The first-order chi connectivity index (χ1) is 13.6. The van der Waals surface area contributed by atoms with Gasteiger partial charge in [-0.05, 0) is 30.5 Å². The zero-order valence-electron chi connectivity index (χ0n) is 15.8. The topological polar surface area (TPSA) is 80.1 Å². The molecular formula is C21H23N5O2. The number of aryl methyl sites for hydroxylation is 1. The summed E-state index contributed by atoms with van der Waals surface area (Å²) in [5, 5.41) is 3.02. The van der Waals surface area contributed by atoms with Crippen LogP contribution in [-0.2, 0) is 18.4 Å². The number of carbonyl (C=O) groups excluding carboxylic acids is 1. The molecule has 1 unspecified atom stereocenters. The predicted octanol–water partition coefficient (Wildman–Crippen LogP) is 1.86. The van der Waals surface area contributed by atoms with Crippen LogP contribution in [0.3, 0.4) is 0 Å². The number of carbonyl (C=O) groups is 1. The van der Waals surface area contributed by atoms with Crippen molar-refractivity contribution < 1.29 is 4.79 Å². The van der Waals surface area contributed by atoms with Gasteiger partial charge >= 0.3 is 0 Å². The molecule has 7 nitrogen and oxygen atoms in total. The van der Waals surface area contributed by atoms with E-state index >= 15 is 0 Å². The average Bonchev–Trinajstić information content (AvgIpc) is 2.75. The summed E-state index contributed by atoms with van der Waals surface area (Å²) in [4.78, 5) is 36.2. The average molecular weight is 377 g/mol. The van der Waals surface area contributed by atoms with Gasteiger partial charge in [-0.3, -0.25) is 14.2 Å². The van der Waals surface area contributed by atoms with Crippen molar-refractivity contribution >= 4 is 22.9 Å². The molecule has 7 heteroatoms. The third kappa shape index (κ3) is 3.60. The molecule has 0 bridgehead atoms. The Balaban J connectivity index is 1.51. The lowest BCUT2D eigenvalue weighted by molar-refractivity contribution is -0.125. The third-order valence-electron chi connectivity index (χ3n) is 5.21. The highest BCUT2D eigenvalue weighted by Crippen LogP contribution is 2.21. The summed E-state index contributed by atoms with van der Waals surface area (Å²) in [5.41, 5.74) is 2.12. The van der Waals surface area contributed by atoms with E-state index in [4.69, 9.17) is 0 Å². The lowest BCUT2D eigenvalue weighted by atomic mass is 9.97. The number of rotatable bonds is 4. The van der Waals surface area contributed by atoms with Crippen LogP contribution >= 0.6 is 0 Å². The monoisotopic (exact) mass is 377 g/mol. The summed E-state index contributed by atoms with van der Waals surface area (Å²) >= 11 is 0. The molecular weight excluding hydrogens is 354 g/mol. The van der Waals surface area contributed by atoms with Gasteiger partial charge < -0.3 is 10.2 Å². The first kappa shape index (κ1) is 18.2. The van der Waals surface area contributed by atoms with Gasteiger partial charge in [-0.25, -0.2) is 9.97 Å². The SMILES string of the molecule is Cn1c(=O)c(N2CCCC(C(=O)NCc3ccccc3)C2)nc2cccnc21. The van der Waals surface area contributed by atoms with Crippen molar-refractivity contribution in [1.29, 1.82) is 0 Å². The second kappa shape index (κ2) is 7.80. The van der Waals surface area contributed by atoms with E-state index in [1.54, 1.807) is 19.3 Å². The number of hydrogen-bond donors (Lipinski definition) is 1. The van der Waals surface area contributed by atoms with Crippen molar-refractivity contribution in [1.82, 2.24) is 19.9 Å². The van der Waals surface area contributed by atoms with E-state index in [2.05, 4.69) is 15.3 Å². The van der Waals surface area contributed by atoms with Crippen LogP contribution in [0.25, 0.3) is 11.2 Å². The van der Waals surface area contributed by atoms with Gasteiger partial charge in [0.2, 0.25) is 5.91 Å². The van der Waals surface area contributed by atoms with Crippen LogP contribution in [-0.4, -0.2) is 33.5 Å². The van der Waals surface area contributed by atoms with Crippen LogP contribution in [0.15, 0.2) is 53.5 Å². The van der Waals surface area contributed by atoms with Crippen LogP contribution in [0.1, 0.15) is 18.4 Å². The van der Waals surface area contributed by atoms with Gasteiger partial charge in [-0.1, -0.05) is 30.3 Å². The number of nitrogens with zero attached hydrogens (tertiary/aromatic N) is 4. The van der Waals surface area contributed by atoms with E-state index in [0.29, 0.717) is 30.1 Å². The maximum Gasteiger partial charge on any atom is 0.294 e. The standard InChI is InChI=1S/C21H23N5O2/c1-25-18-17(10-5-11-22-18)24-19(21(25)28)26-12-6-9-16(14-26)20(27)23-13-15-7-3-2-4-8-15/h2-5,7-8,10-11,16H,6,9,12-14H2,1H3,(H,23,27). The number of anilines is 1. The molecule has 0 radical (unpaired) electrons. The van der Waals surface area contributed by atoms with Crippen LogP contribution in [0, 0.1) is 5.92 Å². The quantitative estimate of drug-likeness (QED) is 0.751. The Labute approximate surface area is 163 Å². The van der Waals surface area contributed by atoms with Crippen molar-refractivity contribution in [3.8, 4) is 0 Å². The van der Waals surface area contributed by atoms with E-state index in [-0.39, 0.29) is 17.4 Å². The summed E-state index contributed by atoms with van der Waals surface area (Å²) in [6, 6.07) is 13.5. The Morgan fingerprint density at radius 1 is 1.21 bits per heavy atom. The van der Waals surface area contributed by atoms with E-state index in [1.165, 1.54) is 4.57 Å². The molecule has 1 saturated heterocycles. The van der Waals surface area contributed by atoms with Crippen molar-refractivity contribution in [3.05, 3.63) is 64.6 Å². The summed E-state index contributed by atoms with van der Waals surface area (Å²) in [6.07, 6.45) is 3.31. The van der Waals surface area contributed by atoms with Gasteiger partial charge in [0, 0.05) is 32.9 Å². The molecule has 1 aliphatic rings. The van der Waals surface area contributed by atoms with Crippen LogP contribution in [0.4, 0.5) is 5.82 Å². The molecule has 1 N–H and O–H groups in total. The molecule has 1 aliphatic heterocycles. The molecule has 3 heterocycles. The lowest BCUT2D eigenvalue weighted by Crippen LogP contribution is -2.45. The smallest absolute Gasteiger partial charge is 0.294 e. The molecule has 0 saturated carbocycles. The van der Waals surface area contributed by atoms with Crippen LogP contribution < -0.4 is 15.8 Å². The Kier molecular flexibility index (Phi) is 5.06. The molecule has 0 aliphatic carbocycles. The lowest BCUT2D eigenvalue weighted by Gasteiger charge is -2.32. The van der Waals surface area contributed by atoms with Gasteiger partial charge in [0.25, 0.3) is 5.56 Å². The van der Waals surface area contributed by atoms with Crippen molar-refractivity contribution in [2.45, 2.75) is 19.4 Å². The highest BCUT2D eigenvalue weighted by atomic mass is 16.2. The number of nitrogens with one attached hydrogen (secondary N) is 1. The maximum absolute atomic E-state index is 12.8. The fourth-order valence-corrected chi connectivity index (χ4v) is 3.66. The molecule has 28 heavy (non-hydrogen) atoms. The minimum Gasteiger partial charge on any atom is -0.352 e. The molecule has 3 aromatic rings. The number of piperidine rings is 1. The molecule has 1 atom stereocenters. The Bertz CT molecular complexity index is 1050. The van der Waals surface area contributed by atoms with Crippen LogP contribution in [0.2, 0.25) is 0 Å².